The summed E-state index contributed by atoms with van der Waals surface area (Å²) in [7, 11) is -3.89. The van der Waals surface area contributed by atoms with Crippen molar-refractivity contribution in [2.75, 3.05) is 25.1 Å². The first-order chi connectivity index (χ1) is 13.1. The summed E-state index contributed by atoms with van der Waals surface area (Å²) in [4.78, 5) is 12.8. The van der Waals surface area contributed by atoms with Crippen molar-refractivity contribution in [1.82, 2.24) is 9.46 Å². The van der Waals surface area contributed by atoms with E-state index >= 15 is 0 Å². The first kappa shape index (κ1) is 20.8. The van der Waals surface area contributed by atoms with Crippen molar-refractivity contribution in [1.29, 1.82) is 0 Å². The molecule has 1 atom stereocenters. The van der Waals surface area contributed by atoms with Gasteiger partial charge >= 0.3 is 0 Å². The largest absolute Gasteiger partial charge is 0.378 e. The number of carbonyl (C=O) groups excluding carboxylic acids is 1. The zero-order valence-electron chi connectivity index (χ0n) is 15.8. The molecular formula is C18H22ClN3O5S. The molecule has 28 heavy (non-hydrogen) atoms. The van der Waals surface area contributed by atoms with Gasteiger partial charge in [0.1, 0.15) is 11.8 Å². The Hall–Kier alpha value is -1.94. The van der Waals surface area contributed by atoms with Crippen LogP contribution in [0.5, 0.6) is 0 Å². The molecule has 8 nitrogen and oxygen atoms in total. The van der Waals surface area contributed by atoms with Gasteiger partial charge in [-0.1, -0.05) is 37.5 Å². The number of amides is 1. The van der Waals surface area contributed by atoms with Crippen molar-refractivity contribution in [3.8, 4) is 0 Å². The average Bonchev–Trinajstić information content (AvgIpc) is 3.11. The van der Waals surface area contributed by atoms with Crippen LogP contribution in [0.2, 0.25) is 5.02 Å². The molecule has 1 aliphatic rings. The summed E-state index contributed by atoms with van der Waals surface area (Å²) in [5, 5.41) is 6.88. The zero-order chi connectivity index (χ0) is 20.5. The number of morpholine rings is 1. The van der Waals surface area contributed by atoms with Gasteiger partial charge in [-0.2, -0.15) is 4.31 Å². The predicted molar refractivity (Wildman–Crippen MR) is 104 cm³/mol. The lowest BCUT2D eigenvalue weighted by Crippen LogP contribution is -2.54. The smallest absolute Gasteiger partial charge is 0.246 e. The molecule has 1 amide bonds. The maximum absolute atomic E-state index is 13.0. The molecule has 0 spiro atoms. The number of nitrogens with one attached hydrogen (secondary N) is 1. The summed E-state index contributed by atoms with van der Waals surface area (Å²) in [6.45, 7) is 6.07. The Labute approximate surface area is 168 Å². The summed E-state index contributed by atoms with van der Waals surface area (Å²) in [5.74, 6) is 0.295. The molecule has 10 heteroatoms. The van der Waals surface area contributed by atoms with Crippen molar-refractivity contribution in [2.45, 2.75) is 37.1 Å². The number of benzene rings is 1. The molecule has 0 radical (unpaired) electrons. The van der Waals surface area contributed by atoms with E-state index in [2.05, 4.69) is 10.5 Å². The minimum atomic E-state index is -3.89. The van der Waals surface area contributed by atoms with Gasteiger partial charge in [-0.05, 0) is 24.3 Å². The van der Waals surface area contributed by atoms with E-state index in [1.54, 1.807) is 6.07 Å². The number of aromatic nitrogens is 1. The molecule has 0 saturated carbocycles. The molecule has 152 valence electrons. The summed E-state index contributed by atoms with van der Waals surface area (Å²) < 4.78 is 37.8. The molecule has 0 aliphatic carbocycles. The second-order valence-electron chi connectivity index (χ2n) is 7.48. The van der Waals surface area contributed by atoms with Gasteiger partial charge in [0.05, 0.1) is 18.1 Å². The first-order valence-corrected chi connectivity index (χ1v) is 10.5. The molecule has 1 aliphatic heterocycles. The van der Waals surface area contributed by atoms with E-state index in [1.165, 1.54) is 24.3 Å². The van der Waals surface area contributed by atoms with Crippen molar-refractivity contribution in [3.05, 3.63) is 41.1 Å². The van der Waals surface area contributed by atoms with Crippen molar-refractivity contribution < 1.29 is 22.5 Å². The maximum Gasteiger partial charge on any atom is 0.246 e. The van der Waals surface area contributed by atoms with E-state index in [0.717, 1.165) is 4.31 Å². The molecule has 2 heterocycles. The number of hydrogen-bond donors (Lipinski definition) is 1. The lowest BCUT2D eigenvalue weighted by molar-refractivity contribution is -0.123. The molecule has 0 bridgehead atoms. The number of anilines is 1. The number of ether oxygens (including phenoxy) is 1. The Balaban J connectivity index is 1.81. The first-order valence-electron chi connectivity index (χ1n) is 8.72. The summed E-state index contributed by atoms with van der Waals surface area (Å²) in [6, 6.07) is 6.41. The Bertz CT molecular complexity index is 950. The highest BCUT2D eigenvalue weighted by molar-refractivity contribution is 7.89. The van der Waals surface area contributed by atoms with Gasteiger partial charge in [0.15, 0.2) is 5.82 Å². The van der Waals surface area contributed by atoms with Crippen LogP contribution in [0.1, 0.15) is 26.5 Å². The topological polar surface area (TPSA) is 102 Å². The van der Waals surface area contributed by atoms with Gasteiger partial charge in [-0.25, -0.2) is 8.42 Å². The molecule has 1 aromatic heterocycles. The number of carbonyl (C=O) groups is 1. The fourth-order valence-corrected chi connectivity index (χ4v) is 4.40. The third kappa shape index (κ3) is 4.38. The van der Waals surface area contributed by atoms with E-state index in [-0.39, 0.29) is 35.9 Å². The highest BCUT2D eigenvalue weighted by atomic mass is 35.5. The van der Waals surface area contributed by atoms with E-state index in [0.29, 0.717) is 10.8 Å². The Morgan fingerprint density at radius 1 is 1.29 bits per heavy atom. The molecule has 3 rings (SSSR count). The van der Waals surface area contributed by atoms with Gasteiger partial charge in [0, 0.05) is 23.0 Å². The normalized spacial score (nSPS) is 18.8. The molecule has 2 aromatic rings. The van der Waals surface area contributed by atoms with Gasteiger partial charge in [0.25, 0.3) is 0 Å². The van der Waals surface area contributed by atoms with Crippen LogP contribution >= 0.6 is 11.6 Å². The van der Waals surface area contributed by atoms with Gasteiger partial charge in [0.2, 0.25) is 15.9 Å². The minimum Gasteiger partial charge on any atom is -0.378 e. The molecule has 1 fully saturated rings. The van der Waals surface area contributed by atoms with Crippen LogP contribution in [-0.4, -0.2) is 49.6 Å². The number of sulfonamides is 1. The molecular weight excluding hydrogens is 406 g/mol. The number of halogens is 1. The summed E-state index contributed by atoms with van der Waals surface area (Å²) in [6.07, 6.45) is 0. The standard InChI is InChI=1S/C18H22ClN3O5S/c1-18(2,3)15-10-16(21-27-15)20-17(23)14-11-26-9-8-22(14)28(24,25)13-6-4-12(19)5-7-13/h4-7,10,14H,8-9,11H2,1-3H3,(H,20,21,23). The van der Waals surface area contributed by atoms with E-state index in [1.807, 2.05) is 20.8 Å². The number of nitrogens with zero attached hydrogens (tertiary/aromatic N) is 2. The highest BCUT2D eigenvalue weighted by Gasteiger charge is 2.38. The Morgan fingerprint density at radius 3 is 2.57 bits per heavy atom. The van der Waals surface area contributed by atoms with Gasteiger partial charge < -0.3 is 14.6 Å². The molecule has 1 saturated heterocycles. The van der Waals surface area contributed by atoms with Crippen LogP contribution in [0.3, 0.4) is 0 Å². The SMILES string of the molecule is CC(C)(C)c1cc(NC(=O)C2COCCN2S(=O)(=O)c2ccc(Cl)cc2)no1. The van der Waals surface area contributed by atoms with Gasteiger partial charge in [-0.15, -0.1) is 0 Å². The van der Waals surface area contributed by atoms with Crippen LogP contribution in [0, 0.1) is 0 Å². The quantitative estimate of drug-likeness (QED) is 0.804. The van der Waals surface area contributed by atoms with Crippen LogP contribution < -0.4 is 5.32 Å². The Morgan fingerprint density at radius 2 is 1.96 bits per heavy atom. The van der Waals surface area contributed by atoms with Crippen LogP contribution in [0.4, 0.5) is 5.82 Å². The van der Waals surface area contributed by atoms with Gasteiger partial charge in [-0.3, -0.25) is 4.79 Å². The van der Waals surface area contributed by atoms with Crippen LogP contribution in [0.25, 0.3) is 0 Å². The van der Waals surface area contributed by atoms with Crippen molar-refractivity contribution in [3.63, 3.8) is 0 Å². The lowest BCUT2D eigenvalue weighted by atomic mass is 9.93. The fourth-order valence-electron chi connectivity index (χ4n) is 2.72. The third-order valence-electron chi connectivity index (χ3n) is 4.30. The van der Waals surface area contributed by atoms with Crippen molar-refractivity contribution in [2.24, 2.45) is 0 Å². The van der Waals surface area contributed by atoms with Crippen LogP contribution in [-0.2, 0) is 25.0 Å². The predicted octanol–water partition coefficient (Wildman–Crippen LogP) is 2.65. The second kappa shape index (κ2) is 7.82. The molecule has 1 aromatic carbocycles. The van der Waals surface area contributed by atoms with E-state index < -0.39 is 22.0 Å². The van der Waals surface area contributed by atoms with E-state index in [9.17, 15) is 13.2 Å². The molecule has 1 unspecified atom stereocenters. The summed E-state index contributed by atoms with van der Waals surface area (Å²) >= 11 is 5.84. The third-order valence-corrected chi connectivity index (χ3v) is 6.48. The highest BCUT2D eigenvalue weighted by Crippen LogP contribution is 2.26. The maximum atomic E-state index is 13.0. The van der Waals surface area contributed by atoms with Crippen LogP contribution in [0.15, 0.2) is 39.8 Å². The fraction of sp³-hybridized carbons (Fsp3) is 0.444. The second-order valence-corrected chi connectivity index (χ2v) is 9.80. The summed E-state index contributed by atoms with van der Waals surface area (Å²) in [5.41, 5.74) is -0.270. The van der Waals surface area contributed by atoms with E-state index in [4.69, 9.17) is 20.9 Å². The zero-order valence-corrected chi connectivity index (χ0v) is 17.4. The average molecular weight is 428 g/mol. The molecule has 1 N–H and O–H groups in total. The minimum absolute atomic E-state index is 0.0529. The number of hydrogen-bond acceptors (Lipinski definition) is 6. The monoisotopic (exact) mass is 427 g/mol. The Kier molecular flexibility index (Phi) is 5.81. The lowest BCUT2D eigenvalue weighted by Gasteiger charge is -2.33. The number of rotatable bonds is 4. The van der Waals surface area contributed by atoms with Crippen molar-refractivity contribution >= 4 is 33.3 Å².